The molecule has 2 heterocycles. The summed E-state index contributed by atoms with van der Waals surface area (Å²) < 4.78 is 41.3. The number of nitrogens with one attached hydrogen (secondary N) is 1. The van der Waals surface area contributed by atoms with Crippen LogP contribution in [0.4, 0.5) is 23.3 Å². The number of aromatic nitrogens is 2. The summed E-state index contributed by atoms with van der Waals surface area (Å²) in [7, 11) is 2.10. The maximum absolute atomic E-state index is 12.9. The standard InChI is InChI=1S/C24H24F3N5O2S3/c1-16-20-15-18(6-9-21(20)30-23(28-16)32-13-11-31(2)12-14-32)29-22(33)10-5-17-3-7-19(8-4-17)34-24(35-25,36-26)37-27/h3-10,15H,11-14H2,1-2H3,(H,29,33). The molecule has 4 rings (SSSR count). The zero-order valence-corrected chi connectivity index (χ0v) is 22.4. The Kier molecular flexibility index (Phi) is 9.11. The molecular formula is C24H24F3N5O2S3. The minimum Gasteiger partial charge on any atom is -0.451 e. The monoisotopic (exact) mass is 567 g/mol. The van der Waals surface area contributed by atoms with Crippen molar-refractivity contribution in [2.75, 3.05) is 43.4 Å². The Labute approximate surface area is 226 Å². The summed E-state index contributed by atoms with van der Waals surface area (Å²) >= 11 is -1.75. The van der Waals surface area contributed by atoms with Crippen LogP contribution in [0.3, 0.4) is 0 Å². The highest BCUT2D eigenvalue weighted by molar-refractivity contribution is 8.29. The third-order valence-corrected chi connectivity index (χ3v) is 7.71. The largest absolute Gasteiger partial charge is 0.451 e. The number of fused-ring (bicyclic) bond motifs is 1. The Balaban J connectivity index is 1.40. The maximum Gasteiger partial charge on any atom is 0.338 e. The van der Waals surface area contributed by atoms with E-state index < -0.39 is 40.0 Å². The molecule has 0 spiro atoms. The zero-order valence-electron chi connectivity index (χ0n) is 20.0. The number of halogens is 3. The van der Waals surface area contributed by atoms with Gasteiger partial charge in [-0.1, -0.05) is 12.1 Å². The molecule has 0 aliphatic carbocycles. The molecule has 1 amide bonds. The van der Waals surface area contributed by atoms with Crippen molar-refractivity contribution in [2.24, 2.45) is 0 Å². The number of nitrogens with zero attached hydrogens (tertiary/aromatic N) is 4. The minimum absolute atomic E-state index is 0.0755. The molecule has 2 aromatic carbocycles. The van der Waals surface area contributed by atoms with Crippen LogP contribution in [-0.4, -0.2) is 57.6 Å². The fourth-order valence-corrected chi connectivity index (χ4v) is 4.39. The summed E-state index contributed by atoms with van der Waals surface area (Å²) in [6.07, 6.45) is 2.93. The summed E-state index contributed by atoms with van der Waals surface area (Å²) in [5.41, 5.74) is 2.89. The zero-order chi connectivity index (χ0) is 26.4. The summed E-state index contributed by atoms with van der Waals surface area (Å²) in [5.74, 6) is 0.449. The number of rotatable bonds is 9. The highest BCUT2D eigenvalue weighted by Crippen LogP contribution is 2.49. The Hall–Kier alpha value is -2.61. The molecule has 13 heteroatoms. The quantitative estimate of drug-likeness (QED) is 0.241. The van der Waals surface area contributed by atoms with Crippen molar-refractivity contribution in [3.63, 3.8) is 0 Å². The molecule has 37 heavy (non-hydrogen) atoms. The van der Waals surface area contributed by atoms with E-state index in [0.29, 0.717) is 11.3 Å². The van der Waals surface area contributed by atoms with Crippen LogP contribution in [0.15, 0.2) is 48.5 Å². The van der Waals surface area contributed by atoms with Crippen molar-refractivity contribution in [1.29, 1.82) is 0 Å². The van der Waals surface area contributed by atoms with Gasteiger partial charge in [0.1, 0.15) is 42.2 Å². The normalized spacial score (nSPS) is 14.9. The lowest BCUT2D eigenvalue weighted by Gasteiger charge is -2.32. The van der Waals surface area contributed by atoms with E-state index in [9.17, 15) is 16.5 Å². The van der Waals surface area contributed by atoms with E-state index >= 15 is 0 Å². The first-order valence-corrected chi connectivity index (χ1v) is 13.4. The summed E-state index contributed by atoms with van der Waals surface area (Å²) in [6.45, 7) is 5.61. The molecule has 196 valence electrons. The SMILES string of the molecule is Cc1nc(N2CCN(C)CC2)nc2ccc(NC(=O)C=Cc3ccc(OC(SF)(SF)SF)cc3)cc12. The van der Waals surface area contributed by atoms with Gasteiger partial charge in [0.15, 0.2) is 0 Å². The molecule has 1 aliphatic heterocycles. The number of hydrogen-bond donors (Lipinski definition) is 1. The number of aryl methyl sites for hydroxylation is 1. The number of carbonyl (C=O) groups excluding carboxylic acids is 1. The molecule has 3 aromatic rings. The molecule has 1 fully saturated rings. The smallest absolute Gasteiger partial charge is 0.338 e. The number of piperazine rings is 1. The number of carbonyl (C=O) groups is 1. The van der Waals surface area contributed by atoms with E-state index in [-0.39, 0.29) is 11.7 Å². The first-order chi connectivity index (χ1) is 17.8. The van der Waals surface area contributed by atoms with Gasteiger partial charge in [-0.2, -0.15) is 11.7 Å². The molecule has 0 atom stereocenters. The van der Waals surface area contributed by atoms with Gasteiger partial charge < -0.3 is 19.9 Å². The number of amides is 1. The van der Waals surface area contributed by atoms with Crippen molar-refractivity contribution < 1.29 is 21.2 Å². The molecule has 7 nitrogen and oxygen atoms in total. The molecule has 0 bridgehead atoms. The predicted molar refractivity (Wildman–Crippen MR) is 148 cm³/mol. The van der Waals surface area contributed by atoms with Crippen LogP contribution in [0, 0.1) is 6.92 Å². The summed E-state index contributed by atoms with van der Waals surface area (Å²) in [4.78, 5) is 26.3. The second-order valence-electron chi connectivity index (χ2n) is 8.36. The third-order valence-electron chi connectivity index (χ3n) is 5.76. The van der Waals surface area contributed by atoms with Gasteiger partial charge in [-0.25, -0.2) is 9.97 Å². The molecule has 0 saturated carbocycles. The van der Waals surface area contributed by atoms with Crippen LogP contribution >= 0.6 is 36.4 Å². The second-order valence-corrected chi connectivity index (χ2v) is 11.3. The molecule has 0 radical (unpaired) electrons. The van der Waals surface area contributed by atoms with E-state index in [1.165, 1.54) is 18.2 Å². The molecule has 0 unspecified atom stereocenters. The van der Waals surface area contributed by atoms with Crippen molar-refractivity contribution in [3.05, 3.63) is 59.8 Å². The van der Waals surface area contributed by atoms with Gasteiger partial charge in [0, 0.05) is 43.3 Å². The molecule has 1 aromatic heterocycles. The van der Waals surface area contributed by atoms with Crippen LogP contribution in [0.5, 0.6) is 5.75 Å². The summed E-state index contributed by atoms with van der Waals surface area (Å²) in [6, 6.07) is 11.5. The van der Waals surface area contributed by atoms with E-state index in [1.54, 1.807) is 24.3 Å². The minimum atomic E-state index is -2.37. The van der Waals surface area contributed by atoms with Gasteiger partial charge in [-0.3, -0.25) is 4.79 Å². The van der Waals surface area contributed by atoms with Crippen LogP contribution < -0.4 is 15.0 Å². The summed E-state index contributed by atoms with van der Waals surface area (Å²) in [5, 5.41) is 3.68. The maximum atomic E-state index is 12.9. The molecule has 1 aliphatic rings. The molecule has 1 N–H and O–H groups in total. The number of benzene rings is 2. The predicted octanol–water partition coefficient (Wildman–Crippen LogP) is 6.19. The first-order valence-electron chi connectivity index (χ1n) is 11.2. The van der Waals surface area contributed by atoms with Gasteiger partial charge in [0.2, 0.25) is 11.9 Å². The van der Waals surface area contributed by atoms with Crippen LogP contribution in [0.25, 0.3) is 17.0 Å². The third kappa shape index (κ3) is 6.83. The average molecular weight is 568 g/mol. The number of likely N-dealkylation sites (N-methyl/N-ethyl adjacent to an activating group) is 1. The Morgan fingerprint density at radius 2 is 1.70 bits per heavy atom. The topological polar surface area (TPSA) is 70.6 Å². The number of anilines is 2. The van der Waals surface area contributed by atoms with Gasteiger partial charge in [-0.05, 0) is 55.9 Å². The number of hydrogen-bond acceptors (Lipinski definition) is 9. The van der Waals surface area contributed by atoms with E-state index in [4.69, 9.17) is 9.72 Å². The average Bonchev–Trinajstić information content (AvgIpc) is 2.92. The molecule has 1 saturated heterocycles. The van der Waals surface area contributed by atoms with E-state index in [2.05, 4.69) is 27.1 Å². The van der Waals surface area contributed by atoms with Gasteiger partial charge in [0.25, 0.3) is 0 Å². The fourth-order valence-electron chi connectivity index (χ4n) is 3.72. The van der Waals surface area contributed by atoms with Crippen molar-refractivity contribution in [2.45, 2.75) is 10.5 Å². The Morgan fingerprint density at radius 1 is 1.03 bits per heavy atom. The lowest BCUT2D eigenvalue weighted by Crippen LogP contribution is -2.45. The van der Waals surface area contributed by atoms with Gasteiger partial charge in [-0.15, -0.1) is 0 Å². The van der Waals surface area contributed by atoms with Crippen LogP contribution in [-0.2, 0) is 4.79 Å². The second kappa shape index (κ2) is 12.3. The van der Waals surface area contributed by atoms with Crippen molar-refractivity contribution in [1.82, 2.24) is 14.9 Å². The Bertz CT molecular complexity index is 1260. The lowest BCUT2D eigenvalue weighted by molar-refractivity contribution is -0.111. The van der Waals surface area contributed by atoms with E-state index in [0.717, 1.165) is 48.7 Å². The first kappa shape index (κ1) is 27.4. The highest BCUT2D eigenvalue weighted by atomic mass is 32.3. The van der Waals surface area contributed by atoms with E-state index in [1.807, 2.05) is 19.1 Å². The van der Waals surface area contributed by atoms with Gasteiger partial charge in [0.05, 0.1) is 11.2 Å². The Morgan fingerprint density at radius 3 is 2.35 bits per heavy atom. The van der Waals surface area contributed by atoms with Gasteiger partial charge >= 0.3 is 3.60 Å². The van der Waals surface area contributed by atoms with Crippen molar-refractivity contribution >= 4 is 71.0 Å². The number of ether oxygens (including phenoxy) is 1. The van der Waals surface area contributed by atoms with Crippen LogP contribution in [0.1, 0.15) is 11.3 Å². The van der Waals surface area contributed by atoms with Crippen LogP contribution in [0.2, 0.25) is 0 Å². The lowest BCUT2D eigenvalue weighted by atomic mass is 10.1. The molecular weight excluding hydrogens is 543 g/mol. The highest BCUT2D eigenvalue weighted by Gasteiger charge is 2.39. The fraction of sp³-hybridized carbons (Fsp3) is 0.292. The van der Waals surface area contributed by atoms with Crippen molar-refractivity contribution in [3.8, 4) is 5.75 Å².